The van der Waals surface area contributed by atoms with Crippen LogP contribution in [-0.4, -0.2) is 19.0 Å². The molecule has 12 heavy (non-hydrogen) atoms. The smallest absolute Gasteiger partial charge is 0.233 e. The van der Waals surface area contributed by atoms with Gasteiger partial charge in [0, 0.05) is 6.54 Å². The number of rotatable bonds is 4. The second-order valence-corrected chi connectivity index (χ2v) is 4.12. The van der Waals surface area contributed by atoms with Gasteiger partial charge in [0.2, 0.25) is 5.91 Å². The minimum atomic E-state index is -0.0799. The SMILES string of the molecule is CC(C)C(C)(C)CNC(=O)CN. The Hall–Kier alpha value is -0.570. The lowest BCUT2D eigenvalue weighted by Crippen LogP contribution is -2.39. The average molecular weight is 172 g/mol. The normalized spacial score (nSPS) is 11.8. The van der Waals surface area contributed by atoms with E-state index in [4.69, 9.17) is 5.73 Å². The fourth-order valence-corrected chi connectivity index (χ4v) is 0.603. The van der Waals surface area contributed by atoms with E-state index in [1.807, 2.05) is 0 Å². The van der Waals surface area contributed by atoms with E-state index in [-0.39, 0.29) is 17.9 Å². The summed E-state index contributed by atoms with van der Waals surface area (Å²) in [4.78, 5) is 10.8. The van der Waals surface area contributed by atoms with Crippen molar-refractivity contribution in [3.05, 3.63) is 0 Å². The molecule has 0 aliphatic carbocycles. The van der Waals surface area contributed by atoms with Gasteiger partial charge in [-0.05, 0) is 11.3 Å². The van der Waals surface area contributed by atoms with Crippen LogP contribution >= 0.6 is 0 Å². The second kappa shape index (κ2) is 4.45. The molecule has 0 saturated carbocycles. The van der Waals surface area contributed by atoms with Crippen LogP contribution in [0, 0.1) is 11.3 Å². The molecule has 3 nitrogen and oxygen atoms in total. The number of nitrogens with one attached hydrogen (secondary N) is 1. The lowest BCUT2D eigenvalue weighted by Gasteiger charge is -2.29. The number of nitrogens with two attached hydrogens (primary N) is 1. The van der Waals surface area contributed by atoms with E-state index in [9.17, 15) is 4.79 Å². The first-order valence-electron chi connectivity index (χ1n) is 4.37. The van der Waals surface area contributed by atoms with Crippen molar-refractivity contribution in [3.8, 4) is 0 Å². The molecule has 0 heterocycles. The first kappa shape index (κ1) is 11.4. The minimum Gasteiger partial charge on any atom is -0.354 e. The Labute approximate surface area is 74.7 Å². The van der Waals surface area contributed by atoms with Crippen LogP contribution in [0.3, 0.4) is 0 Å². The Balaban J connectivity index is 3.83. The summed E-state index contributed by atoms with van der Waals surface area (Å²) in [7, 11) is 0. The Morgan fingerprint density at radius 1 is 1.50 bits per heavy atom. The third-order valence-corrected chi connectivity index (χ3v) is 2.49. The topological polar surface area (TPSA) is 55.1 Å². The van der Waals surface area contributed by atoms with Gasteiger partial charge >= 0.3 is 0 Å². The van der Waals surface area contributed by atoms with Crippen molar-refractivity contribution in [2.75, 3.05) is 13.1 Å². The quantitative estimate of drug-likeness (QED) is 0.657. The molecule has 0 unspecified atom stereocenters. The van der Waals surface area contributed by atoms with E-state index in [2.05, 4.69) is 33.0 Å². The van der Waals surface area contributed by atoms with Gasteiger partial charge in [-0.3, -0.25) is 4.79 Å². The van der Waals surface area contributed by atoms with E-state index in [0.29, 0.717) is 12.5 Å². The maximum Gasteiger partial charge on any atom is 0.233 e. The Kier molecular flexibility index (Phi) is 4.24. The standard InChI is InChI=1S/C9H20N2O/c1-7(2)9(3,4)6-11-8(12)5-10/h7H,5-6,10H2,1-4H3,(H,11,12). The molecule has 72 valence electrons. The lowest BCUT2D eigenvalue weighted by molar-refractivity contribution is -0.120. The van der Waals surface area contributed by atoms with Crippen molar-refractivity contribution in [3.63, 3.8) is 0 Å². The van der Waals surface area contributed by atoms with Crippen molar-refractivity contribution in [2.45, 2.75) is 27.7 Å². The third-order valence-electron chi connectivity index (χ3n) is 2.49. The summed E-state index contributed by atoms with van der Waals surface area (Å²) in [5.41, 5.74) is 5.31. The molecule has 0 spiro atoms. The Bertz CT molecular complexity index is 153. The molecule has 0 aromatic carbocycles. The third kappa shape index (κ3) is 3.72. The number of hydrogen-bond acceptors (Lipinski definition) is 2. The molecule has 0 aliphatic heterocycles. The van der Waals surface area contributed by atoms with Gasteiger partial charge in [0.1, 0.15) is 0 Å². The summed E-state index contributed by atoms with van der Waals surface area (Å²) in [6, 6.07) is 0. The molecule has 0 bridgehead atoms. The maximum atomic E-state index is 10.8. The maximum absolute atomic E-state index is 10.8. The molecular formula is C9H20N2O. The van der Waals surface area contributed by atoms with E-state index in [1.54, 1.807) is 0 Å². The van der Waals surface area contributed by atoms with E-state index >= 15 is 0 Å². The van der Waals surface area contributed by atoms with Gasteiger partial charge in [-0.15, -0.1) is 0 Å². The summed E-state index contributed by atoms with van der Waals surface area (Å²) in [6.45, 7) is 9.33. The van der Waals surface area contributed by atoms with E-state index in [1.165, 1.54) is 0 Å². The molecule has 0 radical (unpaired) electrons. The van der Waals surface area contributed by atoms with Crippen molar-refractivity contribution in [2.24, 2.45) is 17.1 Å². The molecule has 1 amide bonds. The highest BCUT2D eigenvalue weighted by Crippen LogP contribution is 2.24. The summed E-state index contributed by atoms with van der Waals surface area (Å²) in [6.07, 6.45) is 0. The Morgan fingerprint density at radius 2 is 2.00 bits per heavy atom. The van der Waals surface area contributed by atoms with Gasteiger partial charge in [-0.1, -0.05) is 27.7 Å². The van der Waals surface area contributed by atoms with Crippen molar-refractivity contribution >= 4 is 5.91 Å². The first-order valence-corrected chi connectivity index (χ1v) is 4.37. The monoisotopic (exact) mass is 172 g/mol. The van der Waals surface area contributed by atoms with Gasteiger partial charge in [-0.2, -0.15) is 0 Å². The predicted octanol–water partition coefficient (Wildman–Crippen LogP) is 0.744. The summed E-state index contributed by atoms with van der Waals surface area (Å²) in [5, 5.41) is 2.79. The lowest BCUT2D eigenvalue weighted by atomic mass is 9.81. The molecule has 0 atom stereocenters. The molecule has 0 aromatic heterocycles. The molecule has 0 fully saturated rings. The second-order valence-electron chi connectivity index (χ2n) is 4.12. The van der Waals surface area contributed by atoms with Crippen LogP contribution in [0.25, 0.3) is 0 Å². The minimum absolute atomic E-state index is 0.0776. The van der Waals surface area contributed by atoms with Crippen LogP contribution in [0.4, 0.5) is 0 Å². The number of hydrogen-bond donors (Lipinski definition) is 2. The highest BCUT2D eigenvalue weighted by atomic mass is 16.1. The van der Waals surface area contributed by atoms with Crippen molar-refractivity contribution in [1.29, 1.82) is 0 Å². The van der Waals surface area contributed by atoms with Crippen molar-refractivity contribution in [1.82, 2.24) is 5.32 Å². The molecule has 3 N–H and O–H groups in total. The molecule has 3 heteroatoms. The van der Waals surface area contributed by atoms with Crippen LogP contribution in [0.2, 0.25) is 0 Å². The summed E-state index contributed by atoms with van der Waals surface area (Å²) in [5.74, 6) is 0.472. The molecule has 0 aliphatic rings. The fraction of sp³-hybridized carbons (Fsp3) is 0.889. The van der Waals surface area contributed by atoms with Crippen LogP contribution in [0.15, 0.2) is 0 Å². The van der Waals surface area contributed by atoms with Gasteiger partial charge in [0.05, 0.1) is 6.54 Å². The van der Waals surface area contributed by atoms with Gasteiger partial charge < -0.3 is 11.1 Å². The number of amides is 1. The van der Waals surface area contributed by atoms with E-state index in [0.717, 1.165) is 0 Å². The van der Waals surface area contributed by atoms with E-state index < -0.39 is 0 Å². The predicted molar refractivity (Wildman–Crippen MR) is 50.7 cm³/mol. The highest BCUT2D eigenvalue weighted by Gasteiger charge is 2.22. The number of carbonyl (C=O) groups is 1. The van der Waals surface area contributed by atoms with Gasteiger partial charge in [0.15, 0.2) is 0 Å². The zero-order valence-corrected chi connectivity index (χ0v) is 8.48. The fourth-order valence-electron chi connectivity index (χ4n) is 0.603. The van der Waals surface area contributed by atoms with Gasteiger partial charge in [-0.25, -0.2) is 0 Å². The molecule has 0 rings (SSSR count). The van der Waals surface area contributed by atoms with Crippen LogP contribution in [0.1, 0.15) is 27.7 Å². The van der Waals surface area contributed by atoms with Gasteiger partial charge in [0.25, 0.3) is 0 Å². The van der Waals surface area contributed by atoms with Crippen LogP contribution < -0.4 is 11.1 Å². The zero-order chi connectivity index (χ0) is 9.78. The largest absolute Gasteiger partial charge is 0.354 e. The first-order chi connectivity index (χ1) is 5.40. The summed E-state index contributed by atoms with van der Waals surface area (Å²) >= 11 is 0. The Morgan fingerprint density at radius 3 is 2.33 bits per heavy atom. The average Bonchev–Trinajstić information content (AvgIpc) is 2.00. The van der Waals surface area contributed by atoms with Crippen LogP contribution in [-0.2, 0) is 4.79 Å². The molecule has 0 aromatic rings. The van der Waals surface area contributed by atoms with Crippen LogP contribution in [0.5, 0.6) is 0 Å². The molecular weight excluding hydrogens is 152 g/mol. The highest BCUT2D eigenvalue weighted by molar-refractivity contribution is 5.77. The number of carbonyl (C=O) groups excluding carboxylic acids is 1. The summed E-state index contributed by atoms with van der Waals surface area (Å²) < 4.78 is 0. The zero-order valence-electron chi connectivity index (χ0n) is 8.48. The van der Waals surface area contributed by atoms with Crippen molar-refractivity contribution < 1.29 is 4.79 Å². The molecule has 0 saturated heterocycles.